The highest BCUT2D eigenvalue weighted by molar-refractivity contribution is 6.02. The number of aliphatic hydroxyl groups is 2. The Kier molecular flexibility index (Phi) is 13.0. The Bertz CT molecular complexity index is 989. The number of unbranched alkanes of at least 4 members (excludes halogenated alkanes) is 6. The molecule has 0 heterocycles. The molecule has 0 bridgehead atoms. The Balaban J connectivity index is 1.43. The number of aliphatic hydroxyl groups excluding tert-OH is 2. The molecule has 5 heteroatoms. The van der Waals surface area contributed by atoms with Crippen molar-refractivity contribution in [3.8, 4) is 11.5 Å². The molecule has 1 aliphatic carbocycles. The van der Waals surface area contributed by atoms with E-state index in [4.69, 9.17) is 19.7 Å². The van der Waals surface area contributed by atoms with Gasteiger partial charge >= 0.3 is 0 Å². The largest absolute Gasteiger partial charge is 0.494 e. The van der Waals surface area contributed by atoms with Gasteiger partial charge in [-0.15, -0.1) is 0 Å². The van der Waals surface area contributed by atoms with Crippen molar-refractivity contribution < 1.29 is 24.5 Å². The van der Waals surface area contributed by atoms with E-state index in [1.807, 2.05) is 54.6 Å². The van der Waals surface area contributed by atoms with Crippen LogP contribution in [0.1, 0.15) is 81.8 Å². The molecule has 37 heavy (non-hydrogen) atoms. The predicted molar refractivity (Wildman–Crippen MR) is 150 cm³/mol. The lowest BCUT2D eigenvalue weighted by molar-refractivity contribution is -0.115. The first kappa shape index (κ1) is 28.7. The highest BCUT2D eigenvalue weighted by Crippen LogP contribution is 2.29. The van der Waals surface area contributed by atoms with Crippen molar-refractivity contribution >= 4 is 17.9 Å². The van der Waals surface area contributed by atoms with Gasteiger partial charge in [0, 0.05) is 19.6 Å². The fourth-order valence-corrected chi connectivity index (χ4v) is 4.39. The molecule has 0 radical (unpaired) electrons. The van der Waals surface area contributed by atoms with Crippen LogP contribution in [0.3, 0.4) is 0 Å². The topological polar surface area (TPSA) is 76.0 Å². The third-order valence-corrected chi connectivity index (χ3v) is 6.58. The Morgan fingerprint density at radius 1 is 0.622 bits per heavy atom. The van der Waals surface area contributed by atoms with E-state index in [-0.39, 0.29) is 19.0 Å². The fourth-order valence-electron chi connectivity index (χ4n) is 4.39. The van der Waals surface area contributed by atoms with Gasteiger partial charge < -0.3 is 19.7 Å². The van der Waals surface area contributed by atoms with Gasteiger partial charge in [-0.05, 0) is 98.4 Å². The van der Waals surface area contributed by atoms with Crippen molar-refractivity contribution in [3.05, 3.63) is 70.8 Å². The summed E-state index contributed by atoms with van der Waals surface area (Å²) >= 11 is 0. The van der Waals surface area contributed by atoms with Gasteiger partial charge in [0.05, 0.1) is 13.2 Å². The smallest absolute Gasteiger partial charge is 0.162 e. The summed E-state index contributed by atoms with van der Waals surface area (Å²) in [5.41, 5.74) is 4.17. The van der Waals surface area contributed by atoms with Crippen molar-refractivity contribution in [1.82, 2.24) is 0 Å². The maximum atomic E-state index is 12.8. The van der Waals surface area contributed by atoms with Crippen LogP contribution < -0.4 is 9.47 Å². The van der Waals surface area contributed by atoms with Crippen LogP contribution >= 0.6 is 0 Å². The number of hydrogen-bond donors (Lipinski definition) is 2. The number of ketones is 1. The van der Waals surface area contributed by atoms with Crippen molar-refractivity contribution in [1.29, 1.82) is 0 Å². The minimum atomic E-state index is 0.196. The van der Waals surface area contributed by atoms with E-state index in [9.17, 15) is 4.79 Å². The Morgan fingerprint density at radius 3 is 1.59 bits per heavy atom. The summed E-state index contributed by atoms with van der Waals surface area (Å²) in [6.07, 6.45) is 14.2. The molecular formula is C32H42O5. The molecule has 0 spiro atoms. The van der Waals surface area contributed by atoms with Crippen molar-refractivity contribution in [2.45, 2.75) is 70.6 Å². The quantitative estimate of drug-likeness (QED) is 0.194. The van der Waals surface area contributed by atoms with Gasteiger partial charge in [-0.2, -0.15) is 0 Å². The standard InChI is InChI=1S/C32H42O5/c33-19-5-1-3-7-21-36-30-15-10-26(11-16-30)23-28-9-14-29(32(35)25-28)24-27-12-17-31(18-13-27)37-22-8-4-2-6-20-34/h10-13,15-18,23-24,33-34H,1-9,14,19-22,25H2/b28-23-,29-24-. The number of carbonyl (C=O) groups is 1. The lowest BCUT2D eigenvalue weighted by Crippen LogP contribution is -2.10. The average molecular weight is 507 g/mol. The van der Waals surface area contributed by atoms with E-state index in [0.717, 1.165) is 92.4 Å². The highest BCUT2D eigenvalue weighted by Gasteiger charge is 2.18. The van der Waals surface area contributed by atoms with Gasteiger partial charge in [0.25, 0.3) is 0 Å². The molecule has 0 aromatic heterocycles. The first-order valence-electron chi connectivity index (χ1n) is 13.8. The molecule has 2 N–H and O–H groups in total. The van der Waals surface area contributed by atoms with Crippen molar-refractivity contribution in [2.24, 2.45) is 0 Å². The maximum absolute atomic E-state index is 12.8. The van der Waals surface area contributed by atoms with E-state index in [0.29, 0.717) is 19.6 Å². The lowest BCUT2D eigenvalue weighted by atomic mass is 9.87. The van der Waals surface area contributed by atoms with Gasteiger partial charge in [0.2, 0.25) is 0 Å². The van der Waals surface area contributed by atoms with Crippen LogP contribution in [-0.4, -0.2) is 42.4 Å². The third kappa shape index (κ3) is 10.9. The zero-order valence-electron chi connectivity index (χ0n) is 22.0. The molecule has 0 amide bonds. The Hall–Kier alpha value is -2.89. The zero-order chi connectivity index (χ0) is 26.1. The molecule has 0 atom stereocenters. The SMILES string of the molecule is O=C1C/C(=C\c2ccc(OCCCCCCO)cc2)CC/C1=C/c1ccc(OCCCCCCO)cc1. The minimum Gasteiger partial charge on any atom is -0.494 e. The number of allylic oxidation sites excluding steroid dienone is 2. The summed E-state index contributed by atoms with van der Waals surface area (Å²) in [5, 5.41) is 17.6. The average Bonchev–Trinajstić information content (AvgIpc) is 2.91. The van der Waals surface area contributed by atoms with Crippen LogP contribution in [0.15, 0.2) is 59.7 Å². The highest BCUT2D eigenvalue weighted by atomic mass is 16.5. The van der Waals surface area contributed by atoms with Gasteiger partial charge in [-0.1, -0.05) is 48.8 Å². The lowest BCUT2D eigenvalue weighted by Gasteiger charge is -2.17. The molecule has 0 saturated heterocycles. The van der Waals surface area contributed by atoms with Crippen molar-refractivity contribution in [3.63, 3.8) is 0 Å². The molecule has 5 nitrogen and oxygen atoms in total. The first-order valence-corrected chi connectivity index (χ1v) is 13.8. The number of Topliss-reactive ketones (excluding diaryl/α,β-unsaturated/α-hetero) is 1. The van der Waals surface area contributed by atoms with Crippen molar-refractivity contribution in [2.75, 3.05) is 26.4 Å². The molecule has 0 unspecified atom stereocenters. The summed E-state index contributed by atoms with van der Waals surface area (Å²) in [4.78, 5) is 12.8. The summed E-state index contributed by atoms with van der Waals surface area (Å²) in [7, 11) is 0. The molecule has 3 rings (SSSR count). The van der Waals surface area contributed by atoms with Crippen LogP contribution in [0.25, 0.3) is 12.2 Å². The van der Waals surface area contributed by atoms with E-state index >= 15 is 0 Å². The minimum absolute atomic E-state index is 0.196. The third-order valence-electron chi connectivity index (χ3n) is 6.58. The van der Waals surface area contributed by atoms with Crippen LogP contribution in [0, 0.1) is 0 Å². The van der Waals surface area contributed by atoms with E-state index in [1.165, 1.54) is 5.57 Å². The normalized spacial score (nSPS) is 15.9. The monoisotopic (exact) mass is 506 g/mol. The van der Waals surface area contributed by atoms with E-state index < -0.39 is 0 Å². The fraction of sp³-hybridized carbons (Fsp3) is 0.469. The molecule has 2 aromatic rings. The second-order valence-corrected chi connectivity index (χ2v) is 9.68. The number of carbonyl (C=O) groups excluding carboxylic acids is 1. The molecule has 2 aromatic carbocycles. The van der Waals surface area contributed by atoms with Gasteiger partial charge in [-0.3, -0.25) is 4.79 Å². The second kappa shape index (κ2) is 16.8. The van der Waals surface area contributed by atoms with E-state index in [2.05, 4.69) is 6.08 Å². The molecule has 1 saturated carbocycles. The molecule has 1 fully saturated rings. The van der Waals surface area contributed by atoms with Gasteiger partial charge in [-0.25, -0.2) is 0 Å². The van der Waals surface area contributed by atoms with E-state index in [1.54, 1.807) is 0 Å². The maximum Gasteiger partial charge on any atom is 0.162 e. The molecule has 1 aliphatic rings. The summed E-state index contributed by atoms with van der Waals surface area (Å²) in [5.74, 6) is 1.91. The first-order chi connectivity index (χ1) is 18.2. The summed E-state index contributed by atoms with van der Waals surface area (Å²) < 4.78 is 11.6. The molecular weight excluding hydrogens is 464 g/mol. The summed E-state index contributed by atoms with van der Waals surface area (Å²) in [6.45, 7) is 1.90. The molecule has 0 aliphatic heterocycles. The van der Waals surface area contributed by atoms with Crippen LogP contribution in [-0.2, 0) is 4.79 Å². The number of ether oxygens (including phenoxy) is 2. The summed E-state index contributed by atoms with van der Waals surface area (Å²) in [6, 6.07) is 16.0. The number of benzene rings is 2. The Labute approximate surface area is 221 Å². The number of rotatable bonds is 16. The molecule has 200 valence electrons. The predicted octanol–water partition coefficient (Wildman–Crippen LogP) is 6.77. The second-order valence-electron chi connectivity index (χ2n) is 9.68. The zero-order valence-corrected chi connectivity index (χ0v) is 22.0. The van der Waals surface area contributed by atoms with Gasteiger partial charge in [0.1, 0.15) is 11.5 Å². The van der Waals surface area contributed by atoms with Crippen LogP contribution in [0.4, 0.5) is 0 Å². The van der Waals surface area contributed by atoms with Crippen LogP contribution in [0.5, 0.6) is 11.5 Å². The number of hydrogen-bond acceptors (Lipinski definition) is 5. The Morgan fingerprint density at radius 2 is 1.11 bits per heavy atom. The van der Waals surface area contributed by atoms with Crippen LogP contribution in [0.2, 0.25) is 0 Å². The van der Waals surface area contributed by atoms with Gasteiger partial charge in [0.15, 0.2) is 5.78 Å².